The van der Waals surface area contributed by atoms with Crippen LogP contribution < -0.4 is 0 Å². The molecule has 0 spiro atoms. The molecule has 4 rings (SSSR count). The Labute approximate surface area is 160 Å². The fourth-order valence-corrected chi connectivity index (χ4v) is 3.28. The van der Waals surface area contributed by atoms with Gasteiger partial charge in [0.2, 0.25) is 11.8 Å². The van der Waals surface area contributed by atoms with E-state index in [1.54, 1.807) is 0 Å². The summed E-state index contributed by atoms with van der Waals surface area (Å²) in [5, 5.41) is 0. The second-order valence-corrected chi connectivity index (χ2v) is 8.08. The zero-order valence-corrected chi connectivity index (χ0v) is 16.5. The van der Waals surface area contributed by atoms with Gasteiger partial charge in [-0.15, -0.1) is 0 Å². The summed E-state index contributed by atoms with van der Waals surface area (Å²) in [7, 11) is 0. The van der Waals surface area contributed by atoms with Gasteiger partial charge in [-0.05, 0) is 51.8 Å². The van der Waals surface area contributed by atoms with Gasteiger partial charge in [0.25, 0.3) is 0 Å². The number of rotatable bonds is 5. The van der Waals surface area contributed by atoms with Crippen molar-refractivity contribution in [3.05, 3.63) is 65.7 Å². The molecule has 4 heteroatoms. The molecule has 0 radical (unpaired) electrons. The van der Waals surface area contributed by atoms with Crippen LogP contribution in [0.15, 0.2) is 51.3 Å². The normalized spacial score (nSPS) is 16.7. The maximum atomic E-state index is 6.13. The Morgan fingerprint density at radius 3 is 2.59 bits per heavy atom. The largest absolute Gasteiger partial charge is 0.444 e. The van der Waals surface area contributed by atoms with Gasteiger partial charge in [0, 0.05) is 6.42 Å². The molecule has 0 N–H and O–H groups in total. The van der Waals surface area contributed by atoms with Crippen LogP contribution in [0.5, 0.6) is 0 Å². The van der Waals surface area contributed by atoms with Crippen molar-refractivity contribution < 1.29 is 8.83 Å². The predicted molar refractivity (Wildman–Crippen MR) is 108 cm³/mol. The van der Waals surface area contributed by atoms with Crippen LogP contribution >= 0.6 is 0 Å². The molecular formula is C23H26N2O2. The van der Waals surface area contributed by atoms with E-state index in [1.807, 2.05) is 24.3 Å². The first-order valence-electron chi connectivity index (χ1n) is 9.64. The van der Waals surface area contributed by atoms with Crippen LogP contribution in [0.25, 0.3) is 17.2 Å². The molecule has 0 saturated carbocycles. The van der Waals surface area contributed by atoms with E-state index in [1.165, 1.54) is 0 Å². The van der Waals surface area contributed by atoms with Gasteiger partial charge in [-0.3, -0.25) is 0 Å². The fraction of sp³-hybridized carbons (Fsp3) is 0.391. The summed E-state index contributed by atoms with van der Waals surface area (Å²) in [6.45, 7) is 8.57. The topological polar surface area (TPSA) is 52.1 Å². The standard InChI is InChI=1S/C23H26N2O2/c1-5-23(4,21-25-17-11-7-9-13-19(17)27-21)15-14-22(2,3)20-24-16-10-6-8-12-18(16)26-20/h6-8,10-12,14-15H,5,9,13H2,1-4H3/b15-14+. The molecule has 1 aromatic carbocycles. The van der Waals surface area contributed by atoms with Crippen molar-refractivity contribution >= 4 is 17.2 Å². The summed E-state index contributed by atoms with van der Waals surface area (Å²) in [5.41, 5.74) is 2.08. The van der Waals surface area contributed by atoms with Crippen LogP contribution in [-0.4, -0.2) is 9.97 Å². The summed E-state index contributed by atoms with van der Waals surface area (Å²) in [6, 6.07) is 7.87. The number of allylic oxidation sites excluding steroid dienone is 3. The Morgan fingerprint density at radius 2 is 1.85 bits per heavy atom. The molecule has 27 heavy (non-hydrogen) atoms. The minimum atomic E-state index is -0.332. The quantitative estimate of drug-likeness (QED) is 0.524. The van der Waals surface area contributed by atoms with Gasteiger partial charge < -0.3 is 8.83 Å². The lowest BCUT2D eigenvalue weighted by molar-refractivity contribution is 0.369. The number of para-hydroxylation sites is 2. The van der Waals surface area contributed by atoms with Crippen molar-refractivity contribution in [1.29, 1.82) is 0 Å². The number of aromatic nitrogens is 2. The molecule has 3 aromatic rings. The third-order valence-corrected chi connectivity index (χ3v) is 5.48. The average Bonchev–Trinajstić information content (AvgIpc) is 3.31. The zero-order chi connectivity index (χ0) is 19.1. The van der Waals surface area contributed by atoms with Gasteiger partial charge in [-0.1, -0.05) is 37.3 Å². The van der Waals surface area contributed by atoms with E-state index >= 15 is 0 Å². The van der Waals surface area contributed by atoms with Crippen molar-refractivity contribution in [2.75, 3.05) is 0 Å². The Bertz CT molecular complexity index is 989. The molecule has 0 bridgehead atoms. The molecular weight excluding hydrogens is 336 g/mol. The molecule has 1 aliphatic carbocycles. The molecule has 2 heterocycles. The first kappa shape index (κ1) is 17.8. The third-order valence-electron chi connectivity index (χ3n) is 5.48. The van der Waals surface area contributed by atoms with Gasteiger partial charge in [-0.2, -0.15) is 0 Å². The summed E-state index contributed by atoms with van der Waals surface area (Å²) < 4.78 is 12.1. The van der Waals surface area contributed by atoms with Crippen molar-refractivity contribution in [1.82, 2.24) is 9.97 Å². The molecule has 1 aliphatic rings. The first-order chi connectivity index (χ1) is 12.9. The Balaban J connectivity index is 1.65. The Hall–Kier alpha value is -2.62. The van der Waals surface area contributed by atoms with E-state index in [0.29, 0.717) is 5.89 Å². The highest BCUT2D eigenvalue weighted by Crippen LogP contribution is 2.35. The predicted octanol–water partition coefficient (Wildman–Crippen LogP) is 5.98. The van der Waals surface area contributed by atoms with E-state index in [4.69, 9.17) is 13.8 Å². The first-order valence-corrected chi connectivity index (χ1v) is 9.64. The van der Waals surface area contributed by atoms with Crippen LogP contribution in [0.1, 0.15) is 63.8 Å². The molecule has 0 amide bonds. The zero-order valence-electron chi connectivity index (χ0n) is 16.5. The van der Waals surface area contributed by atoms with Gasteiger partial charge in [0.1, 0.15) is 17.0 Å². The van der Waals surface area contributed by atoms with Crippen molar-refractivity contribution in [2.45, 2.75) is 57.8 Å². The summed E-state index contributed by atoms with van der Waals surface area (Å²) >= 11 is 0. The maximum absolute atomic E-state index is 6.13. The lowest BCUT2D eigenvalue weighted by Crippen LogP contribution is -2.21. The van der Waals surface area contributed by atoms with Crippen LogP contribution in [0.3, 0.4) is 0 Å². The molecule has 0 fully saturated rings. The maximum Gasteiger partial charge on any atom is 0.204 e. The second kappa shape index (κ2) is 6.52. The van der Waals surface area contributed by atoms with E-state index < -0.39 is 0 Å². The van der Waals surface area contributed by atoms with Gasteiger partial charge in [0.15, 0.2) is 5.58 Å². The van der Waals surface area contributed by atoms with Crippen LogP contribution in [0, 0.1) is 0 Å². The Kier molecular flexibility index (Phi) is 4.29. The smallest absolute Gasteiger partial charge is 0.204 e. The van der Waals surface area contributed by atoms with E-state index in [0.717, 1.165) is 47.7 Å². The van der Waals surface area contributed by atoms with Gasteiger partial charge in [-0.25, -0.2) is 9.97 Å². The Morgan fingerprint density at radius 1 is 1.04 bits per heavy atom. The summed E-state index contributed by atoms with van der Waals surface area (Å²) in [4.78, 5) is 9.43. The van der Waals surface area contributed by atoms with Gasteiger partial charge in [0.05, 0.1) is 10.8 Å². The van der Waals surface area contributed by atoms with Crippen molar-refractivity contribution in [2.24, 2.45) is 0 Å². The van der Waals surface area contributed by atoms with E-state index in [2.05, 4.69) is 57.0 Å². The molecule has 0 saturated heterocycles. The minimum absolute atomic E-state index is 0.269. The second-order valence-electron chi connectivity index (χ2n) is 8.08. The fourth-order valence-electron chi connectivity index (χ4n) is 3.28. The van der Waals surface area contributed by atoms with Gasteiger partial charge >= 0.3 is 0 Å². The molecule has 1 atom stereocenters. The van der Waals surface area contributed by atoms with Crippen molar-refractivity contribution in [3.8, 4) is 0 Å². The number of fused-ring (bicyclic) bond motifs is 2. The molecule has 140 valence electrons. The molecule has 4 nitrogen and oxygen atoms in total. The van der Waals surface area contributed by atoms with Crippen LogP contribution in [-0.2, 0) is 17.3 Å². The molecule has 1 unspecified atom stereocenters. The highest BCUT2D eigenvalue weighted by molar-refractivity contribution is 5.72. The number of benzene rings is 1. The van der Waals surface area contributed by atoms with E-state index in [-0.39, 0.29) is 10.8 Å². The highest BCUT2D eigenvalue weighted by Gasteiger charge is 2.31. The molecule has 0 aliphatic heterocycles. The number of nitrogens with zero attached hydrogens (tertiary/aromatic N) is 2. The van der Waals surface area contributed by atoms with Crippen LogP contribution in [0.4, 0.5) is 0 Å². The summed E-state index contributed by atoms with van der Waals surface area (Å²) in [5.74, 6) is 2.50. The lowest BCUT2D eigenvalue weighted by Gasteiger charge is -2.23. The van der Waals surface area contributed by atoms with Crippen molar-refractivity contribution in [3.63, 3.8) is 0 Å². The van der Waals surface area contributed by atoms with Crippen LogP contribution in [0.2, 0.25) is 0 Å². The number of aryl methyl sites for hydroxylation is 1. The SMILES string of the molecule is CCC(C)(/C=C/C(C)(C)c1nc2ccccc2o1)c1nc2c(o1)CCC=C2. The van der Waals surface area contributed by atoms with E-state index in [9.17, 15) is 0 Å². The molecule has 2 aromatic heterocycles. The minimum Gasteiger partial charge on any atom is -0.444 e. The average molecular weight is 362 g/mol. The summed E-state index contributed by atoms with van der Waals surface area (Å²) in [6.07, 6.45) is 11.4. The number of oxazole rings is 2. The highest BCUT2D eigenvalue weighted by atomic mass is 16.4. The monoisotopic (exact) mass is 362 g/mol. The number of hydrogen-bond acceptors (Lipinski definition) is 4. The third kappa shape index (κ3) is 3.25. The lowest BCUT2D eigenvalue weighted by atomic mass is 9.83. The number of hydrogen-bond donors (Lipinski definition) is 0.